The maximum atomic E-state index is 11.6. The van der Waals surface area contributed by atoms with E-state index in [0.717, 1.165) is 18.4 Å². The standard InChI is InChI=1S/C12H12N4O2S/c13-10(17)8-3-7(4-14-8)9-5-19-12(15-9)16-11(18)6-1-2-6/h3-6,14H,1-2H2,(H2,13,17)(H,15,16,18). The fourth-order valence-electron chi connectivity index (χ4n) is 1.70. The van der Waals surface area contributed by atoms with Crippen LogP contribution in [0, 0.1) is 5.92 Å². The number of anilines is 1. The lowest BCUT2D eigenvalue weighted by Gasteiger charge is -1.97. The van der Waals surface area contributed by atoms with Crippen molar-refractivity contribution in [2.24, 2.45) is 11.7 Å². The highest BCUT2D eigenvalue weighted by Gasteiger charge is 2.30. The highest BCUT2D eigenvalue weighted by atomic mass is 32.1. The van der Waals surface area contributed by atoms with Crippen molar-refractivity contribution in [2.45, 2.75) is 12.8 Å². The van der Waals surface area contributed by atoms with Crippen LogP contribution < -0.4 is 11.1 Å². The molecule has 0 radical (unpaired) electrons. The van der Waals surface area contributed by atoms with Crippen molar-refractivity contribution in [3.05, 3.63) is 23.3 Å². The van der Waals surface area contributed by atoms with Gasteiger partial charge in [0.15, 0.2) is 5.13 Å². The van der Waals surface area contributed by atoms with Crippen LogP contribution in [0.25, 0.3) is 11.3 Å². The van der Waals surface area contributed by atoms with Gasteiger partial charge in [0.05, 0.1) is 5.69 Å². The van der Waals surface area contributed by atoms with Crippen LogP contribution in [0.15, 0.2) is 17.6 Å². The average Bonchev–Trinajstić information content (AvgIpc) is 2.93. The van der Waals surface area contributed by atoms with E-state index in [-0.39, 0.29) is 11.8 Å². The van der Waals surface area contributed by atoms with E-state index in [9.17, 15) is 9.59 Å². The van der Waals surface area contributed by atoms with Gasteiger partial charge in [-0.3, -0.25) is 9.59 Å². The number of nitrogens with one attached hydrogen (secondary N) is 2. The SMILES string of the molecule is NC(=O)c1cc(-c2csc(NC(=O)C3CC3)n2)c[nH]1. The maximum absolute atomic E-state index is 11.6. The van der Waals surface area contributed by atoms with E-state index in [2.05, 4.69) is 15.3 Å². The Labute approximate surface area is 113 Å². The Bertz CT molecular complexity index is 642. The van der Waals surface area contributed by atoms with E-state index in [4.69, 9.17) is 5.73 Å². The summed E-state index contributed by atoms with van der Waals surface area (Å²) in [5.74, 6) is -0.322. The summed E-state index contributed by atoms with van der Waals surface area (Å²) in [5, 5.41) is 5.20. The predicted molar refractivity (Wildman–Crippen MR) is 71.8 cm³/mol. The summed E-state index contributed by atoms with van der Waals surface area (Å²) in [5.41, 5.74) is 6.99. The number of carbonyl (C=O) groups excluding carboxylic acids is 2. The van der Waals surface area contributed by atoms with Crippen LogP contribution in [0.4, 0.5) is 5.13 Å². The zero-order valence-corrected chi connectivity index (χ0v) is 10.8. The average molecular weight is 276 g/mol. The number of H-pyrrole nitrogens is 1. The maximum Gasteiger partial charge on any atom is 0.265 e. The van der Waals surface area contributed by atoms with Gasteiger partial charge < -0.3 is 16.0 Å². The van der Waals surface area contributed by atoms with E-state index in [1.54, 1.807) is 12.3 Å². The van der Waals surface area contributed by atoms with E-state index in [1.807, 2.05) is 5.38 Å². The number of thiazole rings is 1. The predicted octanol–water partition coefficient (Wildman–Crippen LogP) is 1.59. The van der Waals surface area contributed by atoms with Crippen LogP contribution in [0.1, 0.15) is 23.3 Å². The molecule has 6 nitrogen and oxygen atoms in total. The summed E-state index contributed by atoms with van der Waals surface area (Å²) < 4.78 is 0. The molecule has 0 unspecified atom stereocenters. The van der Waals surface area contributed by atoms with Crippen molar-refractivity contribution in [3.8, 4) is 11.3 Å². The normalized spacial score (nSPS) is 14.3. The second-order valence-electron chi connectivity index (χ2n) is 4.47. The minimum Gasteiger partial charge on any atom is -0.364 e. The Balaban J connectivity index is 1.75. The Kier molecular flexibility index (Phi) is 2.83. The molecule has 2 aromatic rings. The van der Waals surface area contributed by atoms with Gasteiger partial charge in [-0.15, -0.1) is 11.3 Å². The molecule has 98 valence electrons. The Morgan fingerprint density at radius 3 is 2.89 bits per heavy atom. The van der Waals surface area contributed by atoms with Crippen LogP contribution in [0.3, 0.4) is 0 Å². The number of carbonyl (C=O) groups is 2. The fraction of sp³-hybridized carbons (Fsp3) is 0.250. The van der Waals surface area contributed by atoms with E-state index >= 15 is 0 Å². The van der Waals surface area contributed by atoms with E-state index < -0.39 is 5.91 Å². The van der Waals surface area contributed by atoms with Gasteiger partial charge in [0.1, 0.15) is 5.69 Å². The smallest absolute Gasteiger partial charge is 0.265 e. The van der Waals surface area contributed by atoms with Gasteiger partial charge in [0.2, 0.25) is 5.91 Å². The molecular weight excluding hydrogens is 264 g/mol. The third-order valence-electron chi connectivity index (χ3n) is 2.93. The highest BCUT2D eigenvalue weighted by molar-refractivity contribution is 7.14. The first-order valence-electron chi connectivity index (χ1n) is 5.88. The molecule has 2 aromatic heterocycles. The van der Waals surface area contributed by atoms with Gasteiger partial charge in [-0.25, -0.2) is 4.98 Å². The van der Waals surface area contributed by atoms with Crippen molar-refractivity contribution in [1.29, 1.82) is 0 Å². The molecule has 1 aliphatic carbocycles. The minimum atomic E-state index is -0.510. The van der Waals surface area contributed by atoms with Gasteiger partial charge in [-0.05, 0) is 18.9 Å². The molecule has 19 heavy (non-hydrogen) atoms. The fourth-order valence-corrected chi connectivity index (χ4v) is 2.42. The first kappa shape index (κ1) is 11.9. The summed E-state index contributed by atoms with van der Waals surface area (Å²) in [6.45, 7) is 0. The van der Waals surface area contributed by atoms with Crippen LogP contribution >= 0.6 is 11.3 Å². The number of hydrogen-bond acceptors (Lipinski definition) is 4. The van der Waals surface area contributed by atoms with Crippen molar-refractivity contribution >= 4 is 28.3 Å². The number of aromatic amines is 1. The summed E-state index contributed by atoms with van der Waals surface area (Å²) in [4.78, 5) is 29.7. The molecule has 7 heteroatoms. The van der Waals surface area contributed by atoms with E-state index in [1.165, 1.54) is 11.3 Å². The molecule has 2 heterocycles. The summed E-state index contributed by atoms with van der Waals surface area (Å²) in [7, 11) is 0. The van der Waals surface area contributed by atoms with Crippen LogP contribution in [0.2, 0.25) is 0 Å². The molecule has 0 saturated heterocycles. The molecule has 0 aliphatic heterocycles. The van der Waals surface area contributed by atoms with E-state index in [0.29, 0.717) is 16.5 Å². The zero-order chi connectivity index (χ0) is 13.4. The number of nitrogens with two attached hydrogens (primary N) is 1. The van der Waals surface area contributed by atoms with Crippen molar-refractivity contribution in [2.75, 3.05) is 5.32 Å². The van der Waals surface area contributed by atoms with Crippen molar-refractivity contribution < 1.29 is 9.59 Å². The number of amides is 2. The number of nitrogens with zero attached hydrogens (tertiary/aromatic N) is 1. The van der Waals surface area contributed by atoms with Gasteiger partial charge in [-0.2, -0.15) is 0 Å². The largest absolute Gasteiger partial charge is 0.364 e. The molecule has 3 rings (SSSR count). The first-order valence-corrected chi connectivity index (χ1v) is 6.76. The summed E-state index contributed by atoms with van der Waals surface area (Å²) in [6.07, 6.45) is 3.59. The molecule has 0 aromatic carbocycles. The quantitative estimate of drug-likeness (QED) is 0.790. The molecule has 0 bridgehead atoms. The van der Waals surface area contributed by atoms with Crippen LogP contribution in [0.5, 0.6) is 0 Å². The summed E-state index contributed by atoms with van der Waals surface area (Å²) >= 11 is 1.36. The van der Waals surface area contributed by atoms with Crippen molar-refractivity contribution in [1.82, 2.24) is 9.97 Å². The molecule has 0 atom stereocenters. The number of primary amides is 1. The highest BCUT2D eigenvalue weighted by Crippen LogP contribution is 2.31. The Morgan fingerprint density at radius 2 is 2.26 bits per heavy atom. The topological polar surface area (TPSA) is 101 Å². The molecule has 2 amide bonds. The second-order valence-corrected chi connectivity index (χ2v) is 5.33. The monoisotopic (exact) mass is 276 g/mol. The molecule has 1 aliphatic rings. The molecule has 1 fully saturated rings. The molecule has 4 N–H and O–H groups in total. The number of rotatable bonds is 4. The first-order chi connectivity index (χ1) is 9.13. The molecule has 1 saturated carbocycles. The van der Waals surface area contributed by atoms with Gasteiger partial charge in [0, 0.05) is 23.1 Å². The van der Waals surface area contributed by atoms with Gasteiger partial charge >= 0.3 is 0 Å². The number of hydrogen-bond donors (Lipinski definition) is 3. The third kappa shape index (κ3) is 2.50. The Morgan fingerprint density at radius 1 is 1.47 bits per heavy atom. The second kappa shape index (κ2) is 4.51. The van der Waals surface area contributed by atoms with Gasteiger partial charge in [0.25, 0.3) is 5.91 Å². The van der Waals surface area contributed by atoms with Crippen LogP contribution in [-0.4, -0.2) is 21.8 Å². The Hall–Kier alpha value is -2.15. The van der Waals surface area contributed by atoms with Crippen LogP contribution in [-0.2, 0) is 4.79 Å². The zero-order valence-electron chi connectivity index (χ0n) is 9.97. The lowest BCUT2D eigenvalue weighted by molar-refractivity contribution is -0.117. The van der Waals surface area contributed by atoms with Gasteiger partial charge in [-0.1, -0.05) is 0 Å². The number of aromatic nitrogens is 2. The van der Waals surface area contributed by atoms with Crippen molar-refractivity contribution in [3.63, 3.8) is 0 Å². The lowest BCUT2D eigenvalue weighted by atomic mass is 10.2. The molecular formula is C12H12N4O2S. The third-order valence-corrected chi connectivity index (χ3v) is 3.68. The lowest BCUT2D eigenvalue weighted by Crippen LogP contribution is -2.12. The summed E-state index contributed by atoms with van der Waals surface area (Å²) in [6, 6.07) is 1.64. The molecule has 0 spiro atoms. The minimum absolute atomic E-state index is 0.0350.